The predicted octanol–water partition coefficient (Wildman–Crippen LogP) is 3.66. The molecule has 0 saturated carbocycles. The quantitative estimate of drug-likeness (QED) is 0.416. The van der Waals surface area contributed by atoms with E-state index in [0.717, 1.165) is 46.6 Å². The molecule has 0 aromatic heterocycles. The molecule has 0 aliphatic heterocycles. The molecule has 0 aliphatic rings. The average molecular weight is 571 g/mol. The first-order valence-electron chi connectivity index (χ1n) is 9.01. The van der Waals surface area contributed by atoms with Gasteiger partial charge in [0.15, 0.2) is 11.5 Å². The van der Waals surface area contributed by atoms with Crippen LogP contribution in [0.4, 0.5) is 5.69 Å². The fourth-order valence-electron chi connectivity index (χ4n) is 2.67. The molecule has 0 aliphatic carbocycles. The molecule has 0 radical (unpaired) electrons. The number of halogens is 2. The van der Waals surface area contributed by atoms with Gasteiger partial charge in [-0.05, 0) is 72.0 Å². The van der Waals surface area contributed by atoms with Crippen molar-refractivity contribution in [3.8, 4) is 17.2 Å². The third-order valence-corrected chi connectivity index (χ3v) is 5.65. The molecule has 0 atom stereocenters. The van der Waals surface area contributed by atoms with Crippen molar-refractivity contribution in [2.75, 3.05) is 51.9 Å². The summed E-state index contributed by atoms with van der Waals surface area (Å²) in [6.07, 6.45) is 2.02. The highest BCUT2D eigenvalue weighted by atomic mass is 127. The van der Waals surface area contributed by atoms with E-state index in [4.69, 9.17) is 14.2 Å². The van der Waals surface area contributed by atoms with Gasteiger partial charge in [0.05, 0.1) is 24.0 Å². The normalized spacial score (nSPS) is 11.0. The van der Waals surface area contributed by atoms with E-state index in [-0.39, 0.29) is 12.4 Å². The Morgan fingerprint density at radius 2 is 1.67 bits per heavy atom. The maximum Gasteiger partial charge on any atom is 0.229 e. The van der Waals surface area contributed by atoms with Gasteiger partial charge < -0.3 is 19.1 Å². The molecular formula is C20H28ClIN2O5S. The number of methoxy groups -OCH3 is 2. The summed E-state index contributed by atoms with van der Waals surface area (Å²) in [6, 6.07) is 11.2. The Morgan fingerprint density at radius 3 is 2.27 bits per heavy atom. The Kier molecular flexibility index (Phi) is 11.0. The van der Waals surface area contributed by atoms with Crippen molar-refractivity contribution in [2.24, 2.45) is 0 Å². The molecule has 0 bridgehead atoms. The van der Waals surface area contributed by atoms with Gasteiger partial charge in [-0.15, -0.1) is 12.4 Å². The Hall–Kier alpha value is -1.43. The van der Waals surface area contributed by atoms with Crippen molar-refractivity contribution >= 4 is 50.7 Å². The van der Waals surface area contributed by atoms with E-state index in [1.807, 2.05) is 25.2 Å². The Balaban J connectivity index is 0.00000450. The lowest BCUT2D eigenvalue weighted by Crippen LogP contribution is -2.26. The van der Waals surface area contributed by atoms with Crippen LogP contribution >= 0.6 is 35.0 Å². The molecule has 0 fully saturated rings. The van der Waals surface area contributed by atoms with Gasteiger partial charge in [0.2, 0.25) is 10.0 Å². The topological polar surface area (TPSA) is 77.1 Å². The van der Waals surface area contributed by atoms with Crippen molar-refractivity contribution in [1.82, 2.24) is 4.90 Å². The standard InChI is InChI=1S/C20H27IN2O5S.ClH/c1-23(10-9-15-5-7-19(26-2)20(13-15)27-3)11-12-28-18-8-6-16(14-17(18)21)22-29(4,24)25;/h5-8,13-14,22H,9-12H2,1-4H3;1H. The van der Waals surface area contributed by atoms with Gasteiger partial charge in [-0.2, -0.15) is 0 Å². The molecule has 0 unspecified atom stereocenters. The number of nitrogens with one attached hydrogen (secondary N) is 1. The Labute approximate surface area is 198 Å². The molecule has 2 aromatic carbocycles. The molecule has 0 spiro atoms. The van der Waals surface area contributed by atoms with Gasteiger partial charge in [0.25, 0.3) is 0 Å². The van der Waals surface area contributed by atoms with Crippen molar-refractivity contribution in [2.45, 2.75) is 6.42 Å². The van der Waals surface area contributed by atoms with Crippen molar-refractivity contribution < 1.29 is 22.6 Å². The largest absolute Gasteiger partial charge is 0.493 e. The Morgan fingerprint density at radius 1 is 1.00 bits per heavy atom. The van der Waals surface area contributed by atoms with E-state index in [1.54, 1.807) is 32.4 Å². The second-order valence-electron chi connectivity index (χ2n) is 6.61. The molecule has 30 heavy (non-hydrogen) atoms. The summed E-state index contributed by atoms with van der Waals surface area (Å²) in [5.41, 5.74) is 1.70. The van der Waals surface area contributed by atoms with Crippen molar-refractivity contribution in [3.05, 3.63) is 45.5 Å². The summed E-state index contributed by atoms with van der Waals surface area (Å²) in [4.78, 5) is 2.20. The summed E-state index contributed by atoms with van der Waals surface area (Å²) in [5, 5.41) is 0. The van der Waals surface area contributed by atoms with Crippen LogP contribution in [0.1, 0.15) is 5.56 Å². The summed E-state index contributed by atoms with van der Waals surface area (Å²) >= 11 is 2.14. The number of anilines is 1. The van der Waals surface area contributed by atoms with Crippen LogP contribution in [0.5, 0.6) is 17.2 Å². The second kappa shape index (κ2) is 12.4. The van der Waals surface area contributed by atoms with Gasteiger partial charge in [-0.1, -0.05) is 6.07 Å². The zero-order chi connectivity index (χ0) is 21.4. The maximum absolute atomic E-state index is 11.3. The molecule has 2 aromatic rings. The first-order valence-corrected chi connectivity index (χ1v) is 12.0. The lowest BCUT2D eigenvalue weighted by molar-refractivity contribution is 0.238. The van der Waals surface area contributed by atoms with Gasteiger partial charge in [0.1, 0.15) is 12.4 Å². The van der Waals surface area contributed by atoms with E-state index in [1.165, 1.54) is 5.56 Å². The van der Waals surface area contributed by atoms with Crippen LogP contribution in [0.25, 0.3) is 0 Å². The minimum absolute atomic E-state index is 0. The number of ether oxygens (including phenoxy) is 3. The third kappa shape index (κ3) is 8.75. The highest BCUT2D eigenvalue weighted by Crippen LogP contribution is 2.28. The van der Waals surface area contributed by atoms with Crippen LogP contribution < -0.4 is 18.9 Å². The fraction of sp³-hybridized carbons (Fsp3) is 0.400. The zero-order valence-corrected chi connectivity index (χ0v) is 21.3. The van der Waals surface area contributed by atoms with Crippen molar-refractivity contribution in [1.29, 1.82) is 0 Å². The van der Waals surface area contributed by atoms with Crippen LogP contribution in [0, 0.1) is 3.57 Å². The number of sulfonamides is 1. The van der Waals surface area contributed by atoms with E-state index < -0.39 is 10.0 Å². The van der Waals surface area contributed by atoms with Crippen LogP contribution in [-0.4, -0.2) is 60.5 Å². The van der Waals surface area contributed by atoms with Crippen LogP contribution in [-0.2, 0) is 16.4 Å². The SMILES string of the molecule is COc1ccc(CCN(C)CCOc2ccc(NS(C)(=O)=O)cc2I)cc1OC.Cl. The van der Waals surface area contributed by atoms with Crippen LogP contribution in [0.15, 0.2) is 36.4 Å². The van der Waals surface area contributed by atoms with E-state index >= 15 is 0 Å². The lowest BCUT2D eigenvalue weighted by Gasteiger charge is -2.18. The summed E-state index contributed by atoms with van der Waals surface area (Å²) < 4.78 is 42.4. The first kappa shape index (κ1) is 26.6. The molecule has 10 heteroatoms. The zero-order valence-electron chi connectivity index (χ0n) is 17.5. The monoisotopic (exact) mass is 570 g/mol. The van der Waals surface area contributed by atoms with Crippen molar-refractivity contribution in [3.63, 3.8) is 0 Å². The minimum Gasteiger partial charge on any atom is -0.493 e. The molecule has 0 heterocycles. The predicted molar refractivity (Wildman–Crippen MR) is 131 cm³/mol. The van der Waals surface area contributed by atoms with Gasteiger partial charge >= 0.3 is 0 Å². The molecule has 0 amide bonds. The molecule has 2 rings (SSSR count). The fourth-order valence-corrected chi connectivity index (χ4v) is 3.90. The smallest absolute Gasteiger partial charge is 0.229 e. The van der Waals surface area contributed by atoms with Gasteiger partial charge in [0, 0.05) is 18.8 Å². The average Bonchev–Trinajstić information content (AvgIpc) is 2.66. The number of benzene rings is 2. The van der Waals surface area contributed by atoms with Gasteiger partial charge in [-0.25, -0.2) is 8.42 Å². The van der Waals surface area contributed by atoms with Crippen LogP contribution in [0.2, 0.25) is 0 Å². The van der Waals surface area contributed by atoms with E-state index in [2.05, 4.69) is 32.2 Å². The lowest BCUT2D eigenvalue weighted by atomic mass is 10.1. The second-order valence-corrected chi connectivity index (χ2v) is 9.52. The first-order chi connectivity index (χ1) is 13.7. The van der Waals surface area contributed by atoms with Crippen LogP contribution in [0.3, 0.4) is 0 Å². The highest BCUT2D eigenvalue weighted by molar-refractivity contribution is 14.1. The number of hydrogen-bond donors (Lipinski definition) is 1. The number of hydrogen-bond acceptors (Lipinski definition) is 6. The maximum atomic E-state index is 11.3. The molecule has 7 nitrogen and oxygen atoms in total. The molecular weight excluding hydrogens is 543 g/mol. The van der Waals surface area contributed by atoms with E-state index in [0.29, 0.717) is 12.3 Å². The summed E-state index contributed by atoms with van der Waals surface area (Å²) in [7, 11) is 2.02. The highest BCUT2D eigenvalue weighted by Gasteiger charge is 2.08. The van der Waals surface area contributed by atoms with Gasteiger partial charge in [-0.3, -0.25) is 4.72 Å². The molecule has 1 N–H and O–H groups in total. The summed E-state index contributed by atoms with van der Waals surface area (Å²) in [5.74, 6) is 2.20. The summed E-state index contributed by atoms with van der Waals surface area (Å²) in [6.45, 7) is 2.19. The Bertz CT molecular complexity index is 927. The molecule has 168 valence electrons. The van der Waals surface area contributed by atoms with E-state index in [9.17, 15) is 8.42 Å². The number of likely N-dealkylation sites (N-methyl/N-ethyl adjacent to an activating group) is 1. The molecule has 0 saturated heterocycles. The number of rotatable bonds is 11. The minimum atomic E-state index is -3.29. The third-order valence-electron chi connectivity index (χ3n) is 4.20. The number of nitrogens with zero attached hydrogens (tertiary/aromatic N) is 1.